The van der Waals surface area contributed by atoms with Gasteiger partial charge in [0.1, 0.15) is 0 Å². The van der Waals surface area contributed by atoms with E-state index in [1.807, 2.05) is 11.8 Å². The highest BCUT2D eigenvalue weighted by Crippen LogP contribution is 2.21. The summed E-state index contributed by atoms with van der Waals surface area (Å²) in [5, 5.41) is 3.51. The predicted octanol–water partition coefficient (Wildman–Crippen LogP) is 2.20. The first-order valence-corrected chi connectivity index (χ1v) is 7.48. The van der Waals surface area contributed by atoms with Crippen LogP contribution in [0.1, 0.15) is 32.6 Å². The second kappa shape index (κ2) is 8.43. The molecule has 0 heterocycles. The van der Waals surface area contributed by atoms with E-state index < -0.39 is 0 Å². The number of rotatable bonds is 8. The van der Waals surface area contributed by atoms with Gasteiger partial charge in [0.05, 0.1) is 0 Å². The maximum Gasteiger partial charge on any atom is 0.0107 e. The van der Waals surface area contributed by atoms with Crippen molar-refractivity contribution in [2.45, 2.75) is 38.6 Å². The molecule has 1 aliphatic rings. The van der Waals surface area contributed by atoms with Gasteiger partial charge in [-0.25, -0.2) is 0 Å². The summed E-state index contributed by atoms with van der Waals surface area (Å²) < 4.78 is 0. The molecule has 0 aromatic carbocycles. The van der Waals surface area contributed by atoms with E-state index >= 15 is 0 Å². The van der Waals surface area contributed by atoms with Crippen LogP contribution in [0.4, 0.5) is 0 Å². The maximum atomic E-state index is 3.51. The Bertz CT molecular complexity index is 147. The van der Waals surface area contributed by atoms with Crippen molar-refractivity contribution >= 4 is 11.8 Å². The zero-order valence-corrected chi connectivity index (χ0v) is 11.1. The Morgan fingerprint density at radius 3 is 2.67 bits per heavy atom. The minimum absolute atomic E-state index is 0.872. The molecule has 3 heteroatoms. The third-order valence-corrected chi connectivity index (χ3v) is 4.12. The van der Waals surface area contributed by atoms with Crippen molar-refractivity contribution in [3.8, 4) is 0 Å². The van der Waals surface area contributed by atoms with Crippen LogP contribution < -0.4 is 5.32 Å². The predicted molar refractivity (Wildman–Crippen MR) is 70.8 cm³/mol. The highest BCUT2D eigenvalue weighted by molar-refractivity contribution is 7.99. The molecule has 1 rings (SSSR count). The van der Waals surface area contributed by atoms with Crippen LogP contribution in [0.2, 0.25) is 0 Å². The molecule has 15 heavy (non-hydrogen) atoms. The van der Waals surface area contributed by atoms with E-state index in [2.05, 4.69) is 24.2 Å². The monoisotopic (exact) mass is 230 g/mol. The highest BCUT2D eigenvalue weighted by Gasteiger charge is 2.18. The van der Waals surface area contributed by atoms with Gasteiger partial charge in [-0.2, -0.15) is 11.8 Å². The molecule has 0 unspecified atom stereocenters. The molecule has 0 radical (unpaired) electrons. The molecule has 0 spiro atoms. The van der Waals surface area contributed by atoms with Gasteiger partial charge in [0.15, 0.2) is 0 Å². The molecule has 0 amide bonds. The zero-order chi connectivity index (χ0) is 10.9. The minimum atomic E-state index is 0.872. The molecule has 1 fully saturated rings. The fourth-order valence-corrected chi connectivity index (χ4v) is 2.77. The Labute approximate surface area is 99.2 Å². The van der Waals surface area contributed by atoms with E-state index in [4.69, 9.17) is 0 Å². The van der Waals surface area contributed by atoms with Crippen LogP contribution in [-0.4, -0.2) is 49.1 Å². The van der Waals surface area contributed by atoms with Gasteiger partial charge in [-0.1, -0.05) is 19.8 Å². The normalized spacial score (nSPS) is 17.8. The molecule has 90 valence electrons. The summed E-state index contributed by atoms with van der Waals surface area (Å²) in [5.41, 5.74) is 0. The van der Waals surface area contributed by atoms with Gasteiger partial charge in [-0.3, -0.25) is 0 Å². The van der Waals surface area contributed by atoms with Crippen molar-refractivity contribution in [1.29, 1.82) is 0 Å². The third-order valence-electron chi connectivity index (χ3n) is 3.22. The topological polar surface area (TPSA) is 15.3 Å². The Hall–Kier alpha value is 0.270. The SMILES string of the molecule is CCSCCNCCN(C)C1CCCC1. The molecule has 0 atom stereocenters. The van der Waals surface area contributed by atoms with Gasteiger partial charge >= 0.3 is 0 Å². The number of likely N-dealkylation sites (N-methyl/N-ethyl adjacent to an activating group) is 1. The molecule has 0 saturated heterocycles. The molecule has 1 N–H and O–H groups in total. The Kier molecular flexibility index (Phi) is 7.49. The van der Waals surface area contributed by atoms with Crippen molar-refractivity contribution in [1.82, 2.24) is 10.2 Å². The summed E-state index contributed by atoms with van der Waals surface area (Å²) >= 11 is 2.02. The van der Waals surface area contributed by atoms with Gasteiger partial charge in [-0.05, 0) is 25.6 Å². The van der Waals surface area contributed by atoms with E-state index in [-0.39, 0.29) is 0 Å². The summed E-state index contributed by atoms with van der Waals surface area (Å²) in [6.45, 7) is 5.74. The molecular formula is C12H26N2S. The van der Waals surface area contributed by atoms with Gasteiger partial charge in [-0.15, -0.1) is 0 Å². The van der Waals surface area contributed by atoms with E-state index in [0.717, 1.165) is 19.1 Å². The summed E-state index contributed by atoms with van der Waals surface area (Å²) in [6, 6.07) is 0.872. The Morgan fingerprint density at radius 1 is 1.27 bits per heavy atom. The van der Waals surface area contributed by atoms with Crippen LogP contribution in [0.15, 0.2) is 0 Å². The highest BCUT2D eigenvalue weighted by atomic mass is 32.2. The van der Waals surface area contributed by atoms with Crippen LogP contribution >= 0.6 is 11.8 Å². The molecule has 0 aromatic heterocycles. The fraction of sp³-hybridized carbons (Fsp3) is 1.00. The van der Waals surface area contributed by atoms with Crippen molar-refractivity contribution in [3.05, 3.63) is 0 Å². The van der Waals surface area contributed by atoms with Gasteiger partial charge in [0, 0.05) is 31.4 Å². The quantitative estimate of drug-likeness (QED) is 0.644. The van der Waals surface area contributed by atoms with Gasteiger partial charge in [0.25, 0.3) is 0 Å². The molecule has 2 nitrogen and oxygen atoms in total. The van der Waals surface area contributed by atoms with Crippen molar-refractivity contribution < 1.29 is 0 Å². The molecule has 1 saturated carbocycles. The smallest absolute Gasteiger partial charge is 0.0107 e. The lowest BCUT2D eigenvalue weighted by Gasteiger charge is -2.23. The average molecular weight is 230 g/mol. The number of hydrogen-bond donors (Lipinski definition) is 1. The van der Waals surface area contributed by atoms with Gasteiger partial charge < -0.3 is 10.2 Å². The number of nitrogens with one attached hydrogen (secondary N) is 1. The van der Waals surface area contributed by atoms with Crippen LogP contribution in [0.3, 0.4) is 0 Å². The first-order valence-electron chi connectivity index (χ1n) is 6.33. The van der Waals surface area contributed by atoms with Crippen LogP contribution in [-0.2, 0) is 0 Å². The first kappa shape index (κ1) is 13.3. The molecular weight excluding hydrogens is 204 g/mol. The fourth-order valence-electron chi connectivity index (χ4n) is 2.20. The van der Waals surface area contributed by atoms with Crippen molar-refractivity contribution in [3.63, 3.8) is 0 Å². The summed E-state index contributed by atoms with van der Waals surface area (Å²) in [7, 11) is 2.28. The van der Waals surface area contributed by atoms with Crippen LogP contribution in [0.5, 0.6) is 0 Å². The third kappa shape index (κ3) is 5.79. The first-order chi connectivity index (χ1) is 7.34. The number of nitrogens with zero attached hydrogens (tertiary/aromatic N) is 1. The molecule has 0 aliphatic heterocycles. The van der Waals surface area contributed by atoms with Crippen LogP contribution in [0.25, 0.3) is 0 Å². The van der Waals surface area contributed by atoms with Crippen molar-refractivity contribution in [2.75, 3.05) is 38.2 Å². The second-order valence-electron chi connectivity index (χ2n) is 4.37. The van der Waals surface area contributed by atoms with Crippen molar-refractivity contribution in [2.24, 2.45) is 0 Å². The lowest BCUT2D eigenvalue weighted by atomic mass is 10.2. The standard InChI is InChI=1S/C12H26N2S/c1-3-15-11-9-13-8-10-14(2)12-6-4-5-7-12/h12-13H,3-11H2,1-2H3. The van der Waals surface area contributed by atoms with E-state index in [1.165, 1.54) is 43.7 Å². The Balaban J connectivity index is 1.90. The Morgan fingerprint density at radius 2 is 2.00 bits per heavy atom. The minimum Gasteiger partial charge on any atom is -0.315 e. The number of thioether (sulfide) groups is 1. The lowest BCUT2D eigenvalue weighted by Crippen LogP contribution is -2.36. The van der Waals surface area contributed by atoms with E-state index in [1.54, 1.807) is 0 Å². The van der Waals surface area contributed by atoms with Crippen LogP contribution in [0, 0.1) is 0 Å². The zero-order valence-electron chi connectivity index (χ0n) is 10.3. The van der Waals surface area contributed by atoms with E-state index in [9.17, 15) is 0 Å². The summed E-state index contributed by atoms with van der Waals surface area (Å²) in [6.07, 6.45) is 5.72. The van der Waals surface area contributed by atoms with Gasteiger partial charge in [0.2, 0.25) is 0 Å². The molecule has 1 aliphatic carbocycles. The largest absolute Gasteiger partial charge is 0.315 e. The number of hydrogen-bond acceptors (Lipinski definition) is 3. The lowest BCUT2D eigenvalue weighted by molar-refractivity contribution is 0.246. The second-order valence-corrected chi connectivity index (χ2v) is 5.76. The molecule has 0 aromatic rings. The maximum absolute atomic E-state index is 3.51. The average Bonchev–Trinajstić information content (AvgIpc) is 2.76. The molecule has 0 bridgehead atoms. The summed E-state index contributed by atoms with van der Waals surface area (Å²) in [4.78, 5) is 2.53. The van der Waals surface area contributed by atoms with E-state index in [0.29, 0.717) is 0 Å². The summed E-state index contributed by atoms with van der Waals surface area (Å²) in [5.74, 6) is 2.49.